The summed E-state index contributed by atoms with van der Waals surface area (Å²) in [6.45, 7) is 1.65. The number of benzene rings is 1. The van der Waals surface area contributed by atoms with Gasteiger partial charge in [-0.25, -0.2) is 0 Å². The first-order valence-corrected chi connectivity index (χ1v) is 7.50. The van der Waals surface area contributed by atoms with Crippen LogP contribution in [0.4, 0.5) is 5.69 Å². The van der Waals surface area contributed by atoms with E-state index in [1.807, 2.05) is 24.5 Å². The molecule has 0 amide bonds. The summed E-state index contributed by atoms with van der Waals surface area (Å²) in [6, 6.07) is 8.20. The predicted octanol–water partition coefficient (Wildman–Crippen LogP) is 3.26. The molecule has 18 heavy (non-hydrogen) atoms. The van der Waals surface area contributed by atoms with Crippen molar-refractivity contribution >= 4 is 17.4 Å². The van der Waals surface area contributed by atoms with E-state index >= 15 is 0 Å². The van der Waals surface area contributed by atoms with Gasteiger partial charge >= 0.3 is 0 Å². The lowest BCUT2D eigenvalue weighted by Gasteiger charge is -2.23. The smallest absolute Gasteiger partial charge is 0.102 e. The molecule has 0 spiro atoms. The van der Waals surface area contributed by atoms with Crippen molar-refractivity contribution in [1.82, 2.24) is 0 Å². The molecule has 0 aromatic heterocycles. The maximum Gasteiger partial charge on any atom is 0.102 e. The SMILES string of the molecule is CSc1cccc(NCC2CCCCO2)c1C#N. The first-order valence-electron chi connectivity index (χ1n) is 6.27. The molecule has 96 valence electrons. The average Bonchev–Trinajstić information content (AvgIpc) is 2.45. The topological polar surface area (TPSA) is 45.0 Å². The van der Waals surface area contributed by atoms with E-state index in [0.717, 1.165) is 35.7 Å². The maximum absolute atomic E-state index is 9.23. The third-order valence-corrected chi connectivity index (χ3v) is 3.93. The maximum atomic E-state index is 9.23. The van der Waals surface area contributed by atoms with Crippen LogP contribution in [0.25, 0.3) is 0 Å². The van der Waals surface area contributed by atoms with Crippen molar-refractivity contribution in [1.29, 1.82) is 5.26 Å². The molecule has 0 aliphatic carbocycles. The van der Waals surface area contributed by atoms with Crippen molar-refractivity contribution in [2.75, 3.05) is 24.7 Å². The van der Waals surface area contributed by atoms with Crippen LogP contribution in [0.1, 0.15) is 24.8 Å². The average molecular weight is 262 g/mol. The minimum Gasteiger partial charge on any atom is -0.381 e. The normalized spacial score (nSPS) is 19.2. The van der Waals surface area contributed by atoms with E-state index in [9.17, 15) is 5.26 Å². The molecule has 1 aliphatic heterocycles. The Morgan fingerprint density at radius 3 is 3.06 bits per heavy atom. The van der Waals surface area contributed by atoms with Crippen molar-refractivity contribution in [3.63, 3.8) is 0 Å². The Kier molecular flexibility index (Phi) is 4.91. The van der Waals surface area contributed by atoms with E-state index < -0.39 is 0 Å². The second-order valence-electron chi connectivity index (χ2n) is 4.36. The fraction of sp³-hybridized carbons (Fsp3) is 0.500. The number of rotatable bonds is 4. The molecule has 0 radical (unpaired) electrons. The van der Waals surface area contributed by atoms with Crippen LogP contribution in [0.15, 0.2) is 23.1 Å². The van der Waals surface area contributed by atoms with E-state index in [2.05, 4.69) is 11.4 Å². The lowest BCUT2D eigenvalue weighted by molar-refractivity contribution is 0.0247. The lowest BCUT2D eigenvalue weighted by atomic mass is 10.1. The van der Waals surface area contributed by atoms with Crippen LogP contribution in [0.5, 0.6) is 0 Å². The van der Waals surface area contributed by atoms with Gasteiger partial charge in [0.05, 0.1) is 17.4 Å². The monoisotopic (exact) mass is 262 g/mol. The molecular weight excluding hydrogens is 244 g/mol. The molecule has 2 rings (SSSR count). The van der Waals surface area contributed by atoms with E-state index in [0.29, 0.717) is 0 Å². The Hall–Kier alpha value is -1.18. The summed E-state index contributed by atoms with van der Waals surface area (Å²) < 4.78 is 5.68. The largest absolute Gasteiger partial charge is 0.381 e. The van der Waals surface area contributed by atoms with E-state index in [1.54, 1.807) is 11.8 Å². The molecule has 1 atom stereocenters. The second kappa shape index (κ2) is 6.67. The number of nitrogens with one attached hydrogen (secondary N) is 1. The number of nitrogens with zero attached hydrogens (tertiary/aromatic N) is 1. The van der Waals surface area contributed by atoms with Gasteiger partial charge in [0.15, 0.2) is 0 Å². The molecular formula is C14H18N2OS. The standard InChI is InChI=1S/C14H18N2OS/c1-18-14-7-4-6-13(12(14)9-15)16-10-11-5-2-3-8-17-11/h4,6-7,11,16H,2-3,5,8,10H2,1H3. The highest BCUT2D eigenvalue weighted by Crippen LogP contribution is 2.26. The number of ether oxygens (including phenoxy) is 1. The zero-order valence-corrected chi connectivity index (χ0v) is 11.4. The number of thioether (sulfide) groups is 1. The Bertz CT molecular complexity index is 436. The Balaban J connectivity index is 2.02. The lowest BCUT2D eigenvalue weighted by Crippen LogP contribution is -2.27. The number of hydrogen-bond acceptors (Lipinski definition) is 4. The summed E-state index contributed by atoms with van der Waals surface area (Å²) in [7, 11) is 0. The molecule has 3 nitrogen and oxygen atoms in total. The molecule has 0 bridgehead atoms. The van der Waals surface area contributed by atoms with Gasteiger partial charge in [-0.1, -0.05) is 6.07 Å². The summed E-state index contributed by atoms with van der Waals surface area (Å²) >= 11 is 1.60. The van der Waals surface area contributed by atoms with Gasteiger partial charge in [0.2, 0.25) is 0 Å². The molecule has 1 fully saturated rings. The molecule has 1 unspecified atom stereocenters. The van der Waals surface area contributed by atoms with Gasteiger partial charge in [0.1, 0.15) is 6.07 Å². The molecule has 1 saturated heterocycles. The van der Waals surface area contributed by atoms with Crippen LogP contribution < -0.4 is 5.32 Å². The van der Waals surface area contributed by atoms with Gasteiger partial charge in [0.25, 0.3) is 0 Å². The molecule has 1 aliphatic rings. The highest BCUT2D eigenvalue weighted by Gasteiger charge is 2.14. The van der Waals surface area contributed by atoms with Crippen LogP contribution in [0, 0.1) is 11.3 Å². The fourth-order valence-corrected chi connectivity index (χ4v) is 2.73. The van der Waals surface area contributed by atoms with Crippen molar-refractivity contribution in [3.05, 3.63) is 23.8 Å². The van der Waals surface area contributed by atoms with Gasteiger partial charge in [0, 0.05) is 18.0 Å². The van der Waals surface area contributed by atoms with Crippen molar-refractivity contribution in [3.8, 4) is 6.07 Å². The highest BCUT2D eigenvalue weighted by molar-refractivity contribution is 7.98. The highest BCUT2D eigenvalue weighted by atomic mass is 32.2. The van der Waals surface area contributed by atoms with Gasteiger partial charge in [-0.15, -0.1) is 11.8 Å². The number of hydrogen-bond donors (Lipinski definition) is 1. The van der Waals surface area contributed by atoms with Gasteiger partial charge in [-0.3, -0.25) is 0 Å². The third-order valence-electron chi connectivity index (χ3n) is 3.15. The molecule has 1 N–H and O–H groups in total. The van der Waals surface area contributed by atoms with Crippen molar-refractivity contribution in [2.45, 2.75) is 30.3 Å². The quantitative estimate of drug-likeness (QED) is 0.846. The minimum absolute atomic E-state index is 0.281. The first kappa shape index (κ1) is 13.3. The minimum atomic E-state index is 0.281. The van der Waals surface area contributed by atoms with Crippen LogP contribution >= 0.6 is 11.8 Å². The van der Waals surface area contributed by atoms with E-state index in [4.69, 9.17) is 4.74 Å². The van der Waals surface area contributed by atoms with Crippen LogP contribution in [0.3, 0.4) is 0 Å². The number of anilines is 1. The molecule has 0 saturated carbocycles. The molecule has 1 aromatic carbocycles. The van der Waals surface area contributed by atoms with Gasteiger partial charge < -0.3 is 10.1 Å². The van der Waals surface area contributed by atoms with E-state index in [-0.39, 0.29) is 6.10 Å². The zero-order valence-electron chi connectivity index (χ0n) is 10.6. The first-order chi connectivity index (χ1) is 8.85. The second-order valence-corrected chi connectivity index (χ2v) is 5.21. The number of nitriles is 1. The van der Waals surface area contributed by atoms with Gasteiger partial charge in [-0.05, 0) is 37.7 Å². The third kappa shape index (κ3) is 3.18. The van der Waals surface area contributed by atoms with Crippen molar-refractivity contribution < 1.29 is 4.74 Å². The van der Waals surface area contributed by atoms with Crippen molar-refractivity contribution in [2.24, 2.45) is 0 Å². The Labute approximate surface area is 113 Å². The summed E-state index contributed by atoms with van der Waals surface area (Å²) in [6.07, 6.45) is 5.79. The molecule has 1 aromatic rings. The van der Waals surface area contributed by atoms with Crippen LogP contribution in [-0.4, -0.2) is 25.5 Å². The predicted molar refractivity (Wildman–Crippen MR) is 75.0 cm³/mol. The Morgan fingerprint density at radius 2 is 2.39 bits per heavy atom. The summed E-state index contributed by atoms with van der Waals surface area (Å²) in [5.74, 6) is 0. The Morgan fingerprint density at radius 1 is 1.50 bits per heavy atom. The molecule has 4 heteroatoms. The summed E-state index contributed by atoms with van der Waals surface area (Å²) in [5, 5.41) is 12.6. The zero-order chi connectivity index (χ0) is 12.8. The van der Waals surface area contributed by atoms with E-state index in [1.165, 1.54) is 12.8 Å². The summed E-state index contributed by atoms with van der Waals surface area (Å²) in [4.78, 5) is 1.02. The van der Waals surface area contributed by atoms with Gasteiger partial charge in [-0.2, -0.15) is 5.26 Å². The van der Waals surface area contributed by atoms with Crippen LogP contribution in [-0.2, 0) is 4.74 Å². The summed E-state index contributed by atoms with van der Waals surface area (Å²) in [5.41, 5.74) is 1.65. The van der Waals surface area contributed by atoms with Crippen LogP contribution in [0.2, 0.25) is 0 Å². The fourth-order valence-electron chi connectivity index (χ4n) is 2.16. The molecule has 1 heterocycles.